The predicted octanol–water partition coefficient (Wildman–Crippen LogP) is 6.45. The topological polar surface area (TPSA) is 38.1 Å². The first-order valence-corrected chi connectivity index (χ1v) is 13.8. The SMILES string of the molecule is Cc1ccc(-n2c(SCCC(C)C)nc3sc4c(c3c2=O)CCN(Cc2ccccc2)C4)cc1. The molecule has 0 fully saturated rings. The van der Waals surface area contributed by atoms with Crippen LogP contribution in [-0.2, 0) is 19.5 Å². The molecule has 2 aromatic carbocycles. The van der Waals surface area contributed by atoms with Crippen molar-refractivity contribution in [2.45, 2.75) is 51.9 Å². The quantitative estimate of drug-likeness (QED) is 0.221. The van der Waals surface area contributed by atoms with Crippen LogP contribution in [0.3, 0.4) is 0 Å². The van der Waals surface area contributed by atoms with E-state index in [-0.39, 0.29) is 5.56 Å². The molecule has 0 unspecified atom stereocenters. The van der Waals surface area contributed by atoms with Crippen LogP contribution in [0.1, 0.15) is 41.8 Å². The van der Waals surface area contributed by atoms with Crippen molar-refractivity contribution in [1.29, 1.82) is 0 Å². The van der Waals surface area contributed by atoms with Gasteiger partial charge in [-0.1, -0.05) is 73.6 Å². The van der Waals surface area contributed by atoms with Crippen LogP contribution in [0.15, 0.2) is 64.5 Å². The third-order valence-electron chi connectivity index (χ3n) is 6.39. The number of nitrogens with zero attached hydrogens (tertiary/aromatic N) is 3. The minimum atomic E-state index is 0.0786. The highest BCUT2D eigenvalue weighted by atomic mass is 32.2. The number of thioether (sulfide) groups is 1. The van der Waals surface area contributed by atoms with Gasteiger partial charge in [-0.3, -0.25) is 14.3 Å². The zero-order valence-electron chi connectivity index (χ0n) is 20.1. The van der Waals surface area contributed by atoms with Crippen molar-refractivity contribution in [3.05, 3.63) is 86.5 Å². The summed E-state index contributed by atoms with van der Waals surface area (Å²) in [6.07, 6.45) is 1.99. The Kier molecular flexibility index (Phi) is 6.91. The van der Waals surface area contributed by atoms with Crippen LogP contribution in [0, 0.1) is 12.8 Å². The number of hydrogen-bond acceptors (Lipinski definition) is 5. The minimum Gasteiger partial charge on any atom is -0.294 e. The maximum atomic E-state index is 13.9. The van der Waals surface area contributed by atoms with Gasteiger partial charge in [0.05, 0.1) is 11.1 Å². The summed E-state index contributed by atoms with van der Waals surface area (Å²) in [7, 11) is 0. The first-order valence-electron chi connectivity index (χ1n) is 12.0. The van der Waals surface area contributed by atoms with Crippen LogP contribution in [0.2, 0.25) is 0 Å². The van der Waals surface area contributed by atoms with E-state index in [1.807, 2.05) is 16.7 Å². The third-order valence-corrected chi connectivity index (χ3v) is 8.47. The monoisotopic (exact) mass is 489 g/mol. The van der Waals surface area contributed by atoms with E-state index < -0.39 is 0 Å². The second kappa shape index (κ2) is 10.1. The van der Waals surface area contributed by atoms with Gasteiger partial charge in [-0.2, -0.15) is 0 Å². The summed E-state index contributed by atoms with van der Waals surface area (Å²) in [6, 6.07) is 18.8. The van der Waals surface area contributed by atoms with Gasteiger partial charge in [-0.25, -0.2) is 4.98 Å². The number of thiophene rings is 1. The Bertz CT molecular complexity index is 1340. The first kappa shape index (κ1) is 23.3. The fourth-order valence-electron chi connectivity index (χ4n) is 4.46. The van der Waals surface area contributed by atoms with Crippen LogP contribution in [0.4, 0.5) is 0 Å². The van der Waals surface area contributed by atoms with Crippen LogP contribution in [-0.4, -0.2) is 26.7 Å². The fraction of sp³-hybridized carbons (Fsp3) is 0.357. The Morgan fingerprint density at radius 2 is 1.85 bits per heavy atom. The third kappa shape index (κ3) is 4.85. The van der Waals surface area contributed by atoms with Gasteiger partial charge in [0.2, 0.25) is 0 Å². The molecule has 0 N–H and O–H groups in total. The molecule has 6 heteroatoms. The molecule has 1 aliphatic rings. The van der Waals surface area contributed by atoms with Crippen LogP contribution < -0.4 is 5.56 Å². The summed E-state index contributed by atoms with van der Waals surface area (Å²) >= 11 is 3.41. The standard InChI is InChI=1S/C28H31N3OS2/c1-19(2)14-16-33-28-29-26-25(27(32)31(28)22-11-9-20(3)10-12-22)23-13-15-30(18-24(23)34-26)17-21-7-5-4-6-8-21/h4-12,19H,13-18H2,1-3H3. The van der Waals surface area contributed by atoms with Gasteiger partial charge in [0.15, 0.2) is 5.16 Å². The highest BCUT2D eigenvalue weighted by Gasteiger charge is 2.25. The Balaban J connectivity index is 1.54. The summed E-state index contributed by atoms with van der Waals surface area (Å²) in [4.78, 5) is 23.7. The van der Waals surface area contributed by atoms with Gasteiger partial charge in [0, 0.05) is 30.3 Å². The molecule has 0 saturated heterocycles. The summed E-state index contributed by atoms with van der Waals surface area (Å²) in [5, 5.41) is 1.63. The Morgan fingerprint density at radius 1 is 1.09 bits per heavy atom. The van der Waals surface area contributed by atoms with E-state index in [0.717, 1.165) is 59.3 Å². The Labute approximate surface area is 209 Å². The highest BCUT2D eigenvalue weighted by Crippen LogP contribution is 2.35. The van der Waals surface area contributed by atoms with E-state index in [1.165, 1.54) is 21.6 Å². The summed E-state index contributed by atoms with van der Waals surface area (Å²) in [6.45, 7) is 9.32. The molecule has 0 amide bonds. The van der Waals surface area contributed by atoms with Crippen molar-refractivity contribution < 1.29 is 0 Å². The molecule has 176 valence electrons. The lowest BCUT2D eigenvalue weighted by atomic mass is 10.0. The largest absolute Gasteiger partial charge is 0.294 e. The zero-order chi connectivity index (χ0) is 23.7. The predicted molar refractivity (Wildman–Crippen MR) is 144 cm³/mol. The van der Waals surface area contributed by atoms with E-state index in [9.17, 15) is 4.79 Å². The van der Waals surface area contributed by atoms with Crippen molar-refractivity contribution >= 4 is 33.3 Å². The average Bonchev–Trinajstić information content (AvgIpc) is 3.18. The normalized spacial score (nSPS) is 14.1. The molecule has 0 spiro atoms. The molecule has 4 aromatic rings. The average molecular weight is 490 g/mol. The number of hydrogen-bond donors (Lipinski definition) is 0. The Hall–Kier alpha value is -2.41. The van der Waals surface area contributed by atoms with Crippen LogP contribution >= 0.6 is 23.1 Å². The van der Waals surface area contributed by atoms with Crippen LogP contribution in [0.5, 0.6) is 0 Å². The van der Waals surface area contributed by atoms with E-state index in [4.69, 9.17) is 4.98 Å². The first-order chi connectivity index (χ1) is 16.5. The van der Waals surface area contributed by atoms with Gasteiger partial charge in [-0.05, 0) is 48.9 Å². The molecule has 0 radical (unpaired) electrons. The molecular weight excluding hydrogens is 458 g/mol. The molecule has 0 saturated carbocycles. The summed E-state index contributed by atoms with van der Waals surface area (Å²) in [5.74, 6) is 1.58. The second-order valence-corrected chi connectivity index (χ2v) is 11.7. The summed E-state index contributed by atoms with van der Waals surface area (Å²) < 4.78 is 1.84. The lowest BCUT2D eigenvalue weighted by molar-refractivity contribution is 0.249. The lowest BCUT2D eigenvalue weighted by Crippen LogP contribution is -2.30. The molecule has 2 aromatic heterocycles. The van der Waals surface area contributed by atoms with Crippen molar-refractivity contribution in [3.8, 4) is 5.69 Å². The maximum absolute atomic E-state index is 13.9. The summed E-state index contributed by atoms with van der Waals surface area (Å²) in [5.41, 5.74) is 4.71. The minimum absolute atomic E-state index is 0.0786. The smallest absolute Gasteiger partial charge is 0.267 e. The van der Waals surface area contributed by atoms with Crippen molar-refractivity contribution in [3.63, 3.8) is 0 Å². The van der Waals surface area contributed by atoms with E-state index in [1.54, 1.807) is 23.1 Å². The number of aryl methyl sites for hydroxylation is 1. The number of benzene rings is 2. The molecule has 4 nitrogen and oxygen atoms in total. The molecule has 0 bridgehead atoms. The van der Waals surface area contributed by atoms with Crippen LogP contribution in [0.25, 0.3) is 15.9 Å². The molecule has 34 heavy (non-hydrogen) atoms. The maximum Gasteiger partial charge on any atom is 0.267 e. The second-order valence-electron chi connectivity index (χ2n) is 9.53. The molecule has 3 heterocycles. The molecule has 0 aliphatic carbocycles. The van der Waals surface area contributed by atoms with Gasteiger partial charge in [0.25, 0.3) is 5.56 Å². The van der Waals surface area contributed by atoms with E-state index >= 15 is 0 Å². The van der Waals surface area contributed by atoms with E-state index in [2.05, 4.69) is 68.1 Å². The van der Waals surface area contributed by atoms with Crippen molar-refractivity contribution in [2.75, 3.05) is 12.3 Å². The molecule has 0 atom stereocenters. The number of fused-ring (bicyclic) bond motifs is 3. The molecular formula is C28H31N3OS2. The Morgan fingerprint density at radius 3 is 2.59 bits per heavy atom. The van der Waals surface area contributed by atoms with Gasteiger partial charge >= 0.3 is 0 Å². The zero-order valence-corrected chi connectivity index (χ0v) is 21.7. The fourth-order valence-corrected chi connectivity index (χ4v) is 7.01. The van der Waals surface area contributed by atoms with Gasteiger partial charge in [0.1, 0.15) is 4.83 Å². The molecule has 5 rings (SSSR count). The number of rotatable bonds is 7. The molecule has 1 aliphatic heterocycles. The van der Waals surface area contributed by atoms with Gasteiger partial charge in [-0.15, -0.1) is 11.3 Å². The number of aromatic nitrogens is 2. The van der Waals surface area contributed by atoms with E-state index in [0.29, 0.717) is 5.92 Å². The van der Waals surface area contributed by atoms with Gasteiger partial charge < -0.3 is 0 Å². The lowest BCUT2D eigenvalue weighted by Gasteiger charge is -2.26. The van der Waals surface area contributed by atoms with Crippen molar-refractivity contribution in [1.82, 2.24) is 14.5 Å². The highest BCUT2D eigenvalue weighted by molar-refractivity contribution is 7.99. The van der Waals surface area contributed by atoms with Crippen molar-refractivity contribution in [2.24, 2.45) is 5.92 Å².